The molecule has 0 bridgehead atoms. The van der Waals surface area contributed by atoms with Gasteiger partial charge in [0.2, 0.25) is 0 Å². The van der Waals surface area contributed by atoms with Crippen molar-refractivity contribution in [3.8, 4) is 5.75 Å². The van der Waals surface area contributed by atoms with E-state index >= 15 is 0 Å². The van der Waals surface area contributed by atoms with Gasteiger partial charge in [0, 0.05) is 25.2 Å². The van der Waals surface area contributed by atoms with Gasteiger partial charge in [0.1, 0.15) is 5.75 Å². The molecule has 7 nitrogen and oxygen atoms in total. The number of carbonyl (C=O) groups is 1. The second-order valence-electron chi connectivity index (χ2n) is 8.95. The van der Waals surface area contributed by atoms with Crippen LogP contribution in [-0.2, 0) is 21.2 Å². The first-order valence-electron chi connectivity index (χ1n) is 11.8. The molecule has 38 heavy (non-hydrogen) atoms. The molecule has 204 valence electrons. The van der Waals surface area contributed by atoms with Gasteiger partial charge in [-0.25, -0.2) is 8.42 Å². The Balaban J connectivity index is 1.55. The SMILES string of the molecule is Cc1cc(C)c(N2CCOCC2)c(C)c1CC(=O)c1sccc1NS(=O)(=O)c1ccc(OC(F)(F)F)cc1. The molecule has 2 heterocycles. The molecule has 12 heteroatoms. The molecule has 0 radical (unpaired) electrons. The maximum atomic E-state index is 13.4. The van der Waals surface area contributed by atoms with Gasteiger partial charge < -0.3 is 14.4 Å². The number of carbonyl (C=O) groups excluding carboxylic acids is 1. The number of halogens is 3. The Morgan fingerprint density at radius 1 is 1.08 bits per heavy atom. The van der Waals surface area contributed by atoms with Crippen molar-refractivity contribution >= 4 is 38.5 Å². The summed E-state index contributed by atoms with van der Waals surface area (Å²) in [5.74, 6) is -0.780. The molecule has 1 N–H and O–H groups in total. The van der Waals surface area contributed by atoms with E-state index in [0.717, 1.165) is 76.6 Å². The fourth-order valence-corrected chi connectivity index (χ4v) is 6.56. The third-order valence-electron chi connectivity index (χ3n) is 6.29. The zero-order chi connectivity index (χ0) is 27.7. The van der Waals surface area contributed by atoms with Gasteiger partial charge in [0.05, 0.1) is 28.7 Å². The van der Waals surface area contributed by atoms with Crippen molar-refractivity contribution in [3.05, 3.63) is 68.9 Å². The molecule has 1 aliphatic heterocycles. The van der Waals surface area contributed by atoms with Crippen molar-refractivity contribution < 1.29 is 35.9 Å². The molecule has 2 aromatic carbocycles. The minimum absolute atomic E-state index is 0.0913. The Morgan fingerprint density at radius 3 is 2.37 bits per heavy atom. The summed E-state index contributed by atoms with van der Waals surface area (Å²) in [4.78, 5) is 15.6. The lowest BCUT2D eigenvalue weighted by molar-refractivity contribution is -0.274. The Kier molecular flexibility index (Phi) is 8.05. The first-order valence-corrected chi connectivity index (χ1v) is 14.1. The number of nitrogens with zero attached hydrogens (tertiary/aromatic N) is 1. The zero-order valence-electron chi connectivity index (χ0n) is 21.0. The summed E-state index contributed by atoms with van der Waals surface area (Å²) in [5, 5.41) is 1.61. The molecule has 3 aromatic rings. The highest BCUT2D eigenvalue weighted by atomic mass is 32.2. The third kappa shape index (κ3) is 6.30. The molecule has 1 aromatic heterocycles. The van der Waals surface area contributed by atoms with Crippen LogP contribution < -0.4 is 14.4 Å². The maximum Gasteiger partial charge on any atom is 0.573 e. The molecular formula is C26H27F3N2O5S2. The molecule has 1 aliphatic rings. The van der Waals surface area contributed by atoms with Crippen LogP contribution in [0.4, 0.5) is 24.5 Å². The fourth-order valence-electron chi connectivity index (χ4n) is 4.63. The van der Waals surface area contributed by atoms with Gasteiger partial charge in [-0.1, -0.05) is 6.07 Å². The van der Waals surface area contributed by atoms with Crippen LogP contribution in [0.2, 0.25) is 0 Å². The largest absolute Gasteiger partial charge is 0.573 e. The average molecular weight is 569 g/mol. The Hall–Kier alpha value is -3.09. The van der Waals surface area contributed by atoms with Crippen molar-refractivity contribution in [1.82, 2.24) is 0 Å². The molecule has 4 rings (SSSR count). The van der Waals surface area contributed by atoms with Crippen LogP contribution in [0.5, 0.6) is 5.75 Å². The second kappa shape index (κ2) is 11.0. The van der Waals surface area contributed by atoms with E-state index in [0.29, 0.717) is 13.2 Å². The Labute approximate surface area is 223 Å². The summed E-state index contributed by atoms with van der Waals surface area (Å²) in [5.41, 5.74) is 5.21. The van der Waals surface area contributed by atoms with Crippen molar-refractivity contribution in [2.45, 2.75) is 38.4 Å². The Bertz CT molecular complexity index is 1430. The van der Waals surface area contributed by atoms with Crippen molar-refractivity contribution in [1.29, 1.82) is 0 Å². The van der Waals surface area contributed by atoms with E-state index in [1.807, 2.05) is 20.8 Å². The number of ether oxygens (including phenoxy) is 2. The van der Waals surface area contributed by atoms with Crippen molar-refractivity contribution in [2.24, 2.45) is 0 Å². The summed E-state index contributed by atoms with van der Waals surface area (Å²) in [6.45, 7) is 8.80. The number of hydrogen-bond donors (Lipinski definition) is 1. The highest BCUT2D eigenvalue weighted by Gasteiger charge is 2.31. The monoisotopic (exact) mass is 568 g/mol. The predicted octanol–water partition coefficient (Wildman–Crippen LogP) is 5.63. The first-order chi connectivity index (χ1) is 17.9. The van der Waals surface area contributed by atoms with E-state index in [1.165, 1.54) is 6.07 Å². The van der Waals surface area contributed by atoms with E-state index < -0.39 is 22.1 Å². The lowest BCUT2D eigenvalue weighted by Gasteiger charge is -2.32. The summed E-state index contributed by atoms with van der Waals surface area (Å²) in [7, 11) is -4.17. The first kappa shape index (κ1) is 27.9. The summed E-state index contributed by atoms with van der Waals surface area (Å²) < 4.78 is 74.7. The van der Waals surface area contributed by atoms with Crippen molar-refractivity contribution in [2.75, 3.05) is 35.9 Å². The number of rotatable bonds is 8. The molecule has 0 spiro atoms. The van der Waals surface area contributed by atoms with Crippen LogP contribution in [0, 0.1) is 20.8 Å². The van der Waals surface area contributed by atoms with Crippen LogP contribution in [0.1, 0.15) is 31.9 Å². The lowest BCUT2D eigenvalue weighted by Crippen LogP contribution is -2.37. The molecule has 0 atom stereocenters. The van der Waals surface area contributed by atoms with E-state index in [9.17, 15) is 26.4 Å². The quantitative estimate of drug-likeness (QED) is 0.355. The predicted molar refractivity (Wildman–Crippen MR) is 140 cm³/mol. The van der Waals surface area contributed by atoms with Crippen LogP contribution in [0.15, 0.2) is 46.7 Å². The normalized spacial score (nSPS) is 14.4. The number of aryl methyl sites for hydroxylation is 2. The number of Topliss-reactive ketones (excluding diaryl/α,β-unsaturated/α-hetero) is 1. The second-order valence-corrected chi connectivity index (χ2v) is 11.5. The number of alkyl halides is 3. The van der Waals surface area contributed by atoms with Crippen molar-refractivity contribution in [3.63, 3.8) is 0 Å². The van der Waals surface area contributed by atoms with E-state index in [2.05, 4.69) is 20.4 Å². The number of thiophene rings is 1. The Morgan fingerprint density at radius 2 is 1.74 bits per heavy atom. The van der Waals surface area contributed by atoms with Gasteiger partial charge in [-0.05, 0) is 78.7 Å². The highest BCUT2D eigenvalue weighted by molar-refractivity contribution is 7.92. The lowest BCUT2D eigenvalue weighted by atomic mass is 9.92. The number of ketones is 1. The topological polar surface area (TPSA) is 84.9 Å². The van der Waals surface area contributed by atoms with Gasteiger partial charge in [0.25, 0.3) is 10.0 Å². The van der Waals surface area contributed by atoms with Gasteiger partial charge in [0.15, 0.2) is 5.78 Å². The van der Waals surface area contributed by atoms with Gasteiger partial charge >= 0.3 is 6.36 Å². The number of anilines is 2. The number of hydrogen-bond acceptors (Lipinski definition) is 7. The van der Waals surface area contributed by atoms with Crippen LogP contribution in [0.3, 0.4) is 0 Å². The van der Waals surface area contributed by atoms with Crippen LogP contribution in [0.25, 0.3) is 0 Å². The molecule has 0 amide bonds. The molecule has 0 aliphatic carbocycles. The summed E-state index contributed by atoms with van der Waals surface area (Å²) >= 11 is 1.12. The van der Waals surface area contributed by atoms with E-state index in [1.54, 1.807) is 5.38 Å². The van der Waals surface area contributed by atoms with E-state index in [4.69, 9.17) is 4.74 Å². The standard InChI is InChI=1S/C26H27F3N2O5S2/c1-16-14-17(2)24(31-9-11-35-12-10-31)18(3)21(16)15-23(32)25-22(8-13-37-25)30-38(33,34)20-6-4-19(5-7-20)36-26(27,28)29/h4-8,13-14,30H,9-12,15H2,1-3H3. The number of sulfonamides is 1. The fraction of sp³-hybridized carbons (Fsp3) is 0.346. The zero-order valence-corrected chi connectivity index (χ0v) is 22.6. The molecule has 0 saturated carbocycles. The highest BCUT2D eigenvalue weighted by Crippen LogP contribution is 2.33. The van der Waals surface area contributed by atoms with E-state index in [-0.39, 0.29) is 27.7 Å². The molecular weight excluding hydrogens is 541 g/mol. The maximum absolute atomic E-state index is 13.4. The number of morpholine rings is 1. The molecule has 1 fully saturated rings. The average Bonchev–Trinajstić information content (AvgIpc) is 3.29. The minimum atomic E-state index is -4.89. The molecule has 1 saturated heterocycles. The van der Waals surface area contributed by atoms with Crippen LogP contribution in [-0.4, -0.2) is 46.9 Å². The van der Waals surface area contributed by atoms with Gasteiger partial charge in [-0.2, -0.15) is 0 Å². The summed E-state index contributed by atoms with van der Waals surface area (Å²) in [6.07, 6.45) is -4.80. The van der Waals surface area contributed by atoms with Gasteiger partial charge in [-0.3, -0.25) is 9.52 Å². The number of benzene rings is 2. The van der Waals surface area contributed by atoms with Gasteiger partial charge in [-0.15, -0.1) is 24.5 Å². The van der Waals surface area contributed by atoms with Crippen LogP contribution >= 0.6 is 11.3 Å². The smallest absolute Gasteiger partial charge is 0.406 e. The summed E-state index contributed by atoms with van der Waals surface area (Å²) in [6, 6.07) is 7.38. The minimum Gasteiger partial charge on any atom is -0.406 e. The third-order valence-corrected chi connectivity index (χ3v) is 8.62. The molecule has 0 unspecified atom stereocenters. The number of nitrogens with one attached hydrogen (secondary N) is 1.